The van der Waals surface area contributed by atoms with E-state index in [0.717, 1.165) is 38.6 Å². The zero-order chi connectivity index (χ0) is 14.4. The fourth-order valence-electron chi connectivity index (χ4n) is 2.43. The number of nitrogens with zero attached hydrogens (tertiary/aromatic N) is 3. The molecule has 0 aromatic carbocycles. The number of aromatic nitrogens is 3. The van der Waals surface area contributed by atoms with E-state index in [-0.39, 0.29) is 18.2 Å². The number of anilines is 2. The number of aliphatic hydroxyl groups is 1. The van der Waals surface area contributed by atoms with Gasteiger partial charge in [-0.1, -0.05) is 19.8 Å². The van der Waals surface area contributed by atoms with E-state index >= 15 is 0 Å². The number of nitrogens with one attached hydrogen (secondary N) is 2. The van der Waals surface area contributed by atoms with Crippen LogP contribution in [0.15, 0.2) is 0 Å². The van der Waals surface area contributed by atoms with Crippen molar-refractivity contribution in [2.45, 2.75) is 44.6 Å². The van der Waals surface area contributed by atoms with Crippen LogP contribution in [0, 0.1) is 0 Å². The lowest BCUT2D eigenvalue weighted by atomic mass is 9.99. The van der Waals surface area contributed by atoms with Gasteiger partial charge in [0.25, 0.3) is 0 Å². The maximum Gasteiger partial charge on any atom is 0.322 e. The lowest BCUT2D eigenvalue weighted by Crippen LogP contribution is -2.39. The van der Waals surface area contributed by atoms with Crippen molar-refractivity contribution in [2.24, 2.45) is 0 Å². The molecule has 1 fully saturated rings. The molecule has 0 spiro atoms. The molecule has 1 aliphatic carbocycles. The molecule has 0 amide bonds. The number of rotatable bonds is 7. The monoisotopic (exact) mass is 281 g/mol. The van der Waals surface area contributed by atoms with Gasteiger partial charge in [0.15, 0.2) is 0 Å². The number of aliphatic hydroxyl groups excluding tert-OH is 1. The molecule has 1 aromatic rings. The predicted molar refractivity (Wildman–Crippen MR) is 77.1 cm³/mol. The highest BCUT2D eigenvalue weighted by molar-refractivity contribution is 5.38. The summed E-state index contributed by atoms with van der Waals surface area (Å²) in [5, 5.41) is 16.0. The van der Waals surface area contributed by atoms with Crippen LogP contribution in [0.3, 0.4) is 0 Å². The van der Waals surface area contributed by atoms with Crippen LogP contribution in [0.4, 0.5) is 11.9 Å². The van der Waals surface area contributed by atoms with Crippen LogP contribution < -0.4 is 15.4 Å². The summed E-state index contributed by atoms with van der Waals surface area (Å²) in [6.45, 7) is 2.94. The maximum atomic E-state index is 9.63. The van der Waals surface area contributed by atoms with Crippen molar-refractivity contribution < 1.29 is 9.84 Å². The van der Waals surface area contributed by atoms with E-state index in [0.29, 0.717) is 11.9 Å². The maximum absolute atomic E-state index is 9.63. The molecular weight excluding hydrogens is 258 g/mol. The van der Waals surface area contributed by atoms with E-state index in [1.807, 2.05) is 0 Å². The first kappa shape index (κ1) is 14.8. The Morgan fingerprint density at radius 2 is 1.90 bits per heavy atom. The number of methoxy groups -OCH3 is 1. The summed E-state index contributed by atoms with van der Waals surface area (Å²) in [5.41, 5.74) is -0.311. The van der Waals surface area contributed by atoms with E-state index in [4.69, 9.17) is 4.74 Å². The van der Waals surface area contributed by atoms with Gasteiger partial charge in [0.2, 0.25) is 11.9 Å². The molecule has 0 bridgehead atoms. The first-order valence-electron chi connectivity index (χ1n) is 7.14. The standard InChI is InChI=1S/C13H23N5O2/c1-3-8-14-10-15-11(17-12(16-10)20-2)18-13(9-19)6-4-5-7-13/h19H,3-9H2,1-2H3,(H2,14,15,16,17,18). The summed E-state index contributed by atoms with van der Waals surface area (Å²) in [6, 6.07) is 0.271. The van der Waals surface area contributed by atoms with Gasteiger partial charge in [0.1, 0.15) is 0 Å². The third kappa shape index (κ3) is 3.47. The lowest BCUT2D eigenvalue weighted by molar-refractivity contribution is 0.213. The van der Waals surface area contributed by atoms with Crippen LogP contribution in [-0.2, 0) is 0 Å². The molecule has 3 N–H and O–H groups in total. The number of ether oxygens (including phenoxy) is 1. The van der Waals surface area contributed by atoms with Crippen LogP contribution in [0.25, 0.3) is 0 Å². The predicted octanol–water partition coefficient (Wildman–Crippen LogP) is 1.42. The first-order valence-corrected chi connectivity index (χ1v) is 7.14. The Labute approximate surface area is 119 Å². The topological polar surface area (TPSA) is 92.2 Å². The smallest absolute Gasteiger partial charge is 0.322 e. The van der Waals surface area contributed by atoms with Gasteiger partial charge >= 0.3 is 6.01 Å². The molecule has 0 radical (unpaired) electrons. The normalized spacial score (nSPS) is 16.9. The summed E-state index contributed by atoms with van der Waals surface area (Å²) in [7, 11) is 1.53. The Hall–Kier alpha value is -1.63. The molecule has 1 aromatic heterocycles. The summed E-state index contributed by atoms with van der Waals surface area (Å²) < 4.78 is 5.10. The van der Waals surface area contributed by atoms with E-state index in [9.17, 15) is 5.11 Å². The second kappa shape index (κ2) is 6.69. The van der Waals surface area contributed by atoms with E-state index in [2.05, 4.69) is 32.5 Å². The van der Waals surface area contributed by atoms with Gasteiger partial charge in [0.05, 0.1) is 19.3 Å². The second-order valence-corrected chi connectivity index (χ2v) is 5.17. The molecule has 7 nitrogen and oxygen atoms in total. The van der Waals surface area contributed by atoms with E-state index in [1.165, 1.54) is 7.11 Å². The molecule has 0 atom stereocenters. The molecule has 0 saturated heterocycles. The molecule has 1 aliphatic rings. The largest absolute Gasteiger partial charge is 0.467 e. The Kier molecular flexibility index (Phi) is 4.94. The van der Waals surface area contributed by atoms with Gasteiger partial charge in [-0.15, -0.1) is 0 Å². The molecule has 7 heteroatoms. The van der Waals surface area contributed by atoms with Crippen molar-refractivity contribution in [3.05, 3.63) is 0 Å². The van der Waals surface area contributed by atoms with Crippen molar-refractivity contribution in [3.63, 3.8) is 0 Å². The lowest BCUT2D eigenvalue weighted by Gasteiger charge is -2.28. The summed E-state index contributed by atoms with van der Waals surface area (Å²) >= 11 is 0. The van der Waals surface area contributed by atoms with Crippen molar-refractivity contribution in [1.82, 2.24) is 15.0 Å². The third-order valence-electron chi connectivity index (χ3n) is 3.57. The zero-order valence-electron chi connectivity index (χ0n) is 12.1. The van der Waals surface area contributed by atoms with Crippen LogP contribution >= 0.6 is 0 Å². The molecular formula is C13H23N5O2. The number of hydrogen-bond donors (Lipinski definition) is 3. The summed E-state index contributed by atoms with van der Waals surface area (Å²) in [5.74, 6) is 0.943. The van der Waals surface area contributed by atoms with Gasteiger partial charge < -0.3 is 20.5 Å². The Bertz CT molecular complexity index is 435. The SMILES string of the molecule is CCCNc1nc(NC2(CO)CCCC2)nc(OC)n1. The molecule has 1 saturated carbocycles. The number of hydrogen-bond acceptors (Lipinski definition) is 7. The molecule has 0 unspecified atom stereocenters. The summed E-state index contributed by atoms with van der Waals surface area (Å²) in [6.07, 6.45) is 5.05. The van der Waals surface area contributed by atoms with Crippen LogP contribution in [0.5, 0.6) is 6.01 Å². The van der Waals surface area contributed by atoms with Crippen molar-refractivity contribution in [1.29, 1.82) is 0 Å². The molecule has 2 rings (SSSR count). The molecule has 112 valence electrons. The Balaban J connectivity index is 2.17. The fraction of sp³-hybridized carbons (Fsp3) is 0.769. The summed E-state index contributed by atoms with van der Waals surface area (Å²) in [4.78, 5) is 12.7. The quantitative estimate of drug-likeness (QED) is 0.696. The van der Waals surface area contributed by atoms with Crippen molar-refractivity contribution >= 4 is 11.9 Å². The zero-order valence-corrected chi connectivity index (χ0v) is 12.1. The molecule has 20 heavy (non-hydrogen) atoms. The van der Waals surface area contributed by atoms with Crippen LogP contribution in [0.2, 0.25) is 0 Å². The van der Waals surface area contributed by atoms with Gasteiger partial charge in [0, 0.05) is 6.54 Å². The highest BCUT2D eigenvalue weighted by Crippen LogP contribution is 2.32. The Morgan fingerprint density at radius 1 is 1.20 bits per heavy atom. The minimum Gasteiger partial charge on any atom is -0.467 e. The van der Waals surface area contributed by atoms with Crippen LogP contribution in [0.1, 0.15) is 39.0 Å². The first-order chi connectivity index (χ1) is 9.71. The van der Waals surface area contributed by atoms with Crippen molar-refractivity contribution in [3.8, 4) is 6.01 Å². The minimum absolute atomic E-state index is 0.0821. The van der Waals surface area contributed by atoms with Crippen molar-refractivity contribution in [2.75, 3.05) is 30.9 Å². The van der Waals surface area contributed by atoms with Gasteiger partial charge in [-0.3, -0.25) is 0 Å². The third-order valence-corrected chi connectivity index (χ3v) is 3.57. The highest BCUT2D eigenvalue weighted by Gasteiger charge is 2.34. The fourth-order valence-corrected chi connectivity index (χ4v) is 2.43. The average molecular weight is 281 g/mol. The second-order valence-electron chi connectivity index (χ2n) is 5.17. The molecule has 1 heterocycles. The van der Waals surface area contributed by atoms with Gasteiger partial charge in [-0.25, -0.2) is 0 Å². The van der Waals surface area contributed by atoms with Gasteiger partial charge in [-0.05, 0) is 19.3 Å². The van der Waals surface area contributed by atoms with Crippen LogP contribution in [-0.4, -0.2) is 45.9 Å². The van der Waals surface area contributed by atoms with E-state index < -0.39 is 0 Å². The minimum atomic E-state index is -0.311. The highest BCUT2D eigenvalue weighted by atomic mass is 16.5. The van der Waals surface area contributed by atoms with E-state index in [1.54, 1.807) is 0 Å². The Morgan fingerprint density at radius 3 is 2.50 bits per heavy atom. The average Bonchev–Trinajstić information content (AvgIpc) is 2.94. The molecule has 0 aliphatic heterocycles. The van der Waals surface area contributed by atoms with Gasteiger partial charge in [-0.2, -0.15) is 15.0 Å².